The standard InChI is InChI=1S/C8H8N10S2/c1-4-16-17-8(19-4)20-7-13-5(15-9)12-6(14-7)18-3-10-2-11-18/h2-3H,9H2,1H3,(H,12,13,14,15). The van der Waals surface area contributed by atoms with E-state index in [0.29, 0.717) is 11.1 Å². The molecule has 0 saturated carbocycles. The molecule has 0 spiro atoms. The maximum Gasteiger partial charge on any atom is 0.257 e. The molecule has 0 unspecified atom stereocenters. The van der Waals surface area contributed by atoms with Gasteiger partial charge in [-0.2, -0.15) is 24.7 Å². The van der Waals surface area contributed by atoms with Gasteiger partial charge in [-0.1, -0.05) is 11.3 Å². The molecular weight excluding hydrogens is 300 g/mol. The van der Waals surface area contributed by atoms with E-state index in [4.69, 9.17) is 5.84 Å². The van der Waals surface area contributed by atoms with E-state index >= 15 is 0 Å². The molecule has 3 rings (SSSR count). The van der Waals surface area contributed by atoms with Crippen molar-refractivity contribution < 1.29 is 0 Å². The van der Waals surface area contributed by atoms with Crippen LogP contribution in [-0.2, 0) is 0 Å². The quantitative estimate of drug-likeness (QED) is 0.503. The Morgan fingerprint density at radius 2 is 2.20 bits per heavy atom. The molecule has 3 N–H and O–H groups in total. The summed E-state index contributed by atoms with van der Waals surface area (Å²) in [4.78, 5) is 16.4. The number of hydrazine groups is 1. The van der Waals surface area contributed by atoms with Gasteiger partial charge < -0.3 is 0 Å². The Morgan fingerprint density at radius 1 is 1.30 bits per heavy atom. The number of rotatable bonds is 4. The van der Waals surface area contributed by atoms with Crippen molar-refractivity contribution in [3.63, 3.8) is 0 Å². The van der Waals surface area contributed by atoms with E-state index in [2.05, 4.69) is 40.7 Å². The summed E-state index contributed by atoms with van der Waals surface area (Å²) in [5.41, 5.74) is 2.39. The fourth-order valence-electron chi connectivity index (χ4n) is 1.27. The van der Waals surface area contributed by atoms with Crippen LogP contribution < -0.4 is 11.3 Å². The Labute approximate surface area is 120 Å². The van der Waals surface area contributed by atoms with E-state index < -0.39 is 0 Å². The van der Waals surface area contributed by atoms with E-state index in [1.54, 1.807) is 0 Å². The van der Waals surface area contributed by atoms with Crippen molar-refractivity contribution in [2.75, 3.05) is 5.43 Å². The maximum absolute atomic E-state index is 5.36. The lowest BCUT2D eigenvalue weighted by Gasteiger charge is -2.04. The predicted octanol–water partition coefficient (Wildman–Crippen LogP) is 0.0490. The van der Waals surface area contributed by atoms with Crippen molar-refractivity contribution in [3.8, 4) is 5.95 Å². The largest absolute Gasteiger partial charge is 0.292 e. The Hall–Kier alpha value is -2.18. The van der Waals surface area contributed by atoms with Crippen molar-refractivity contribution >= 4 is 29.0 Å². The Balaban J connectivity index is 1.96. The van der Waals surface area contributed by atoms with Crippen LogP contribution in [0.1, 0.15) is 5.01 Å². The highest BCUT2D eigenvalue weighted by Gasteiger charge is 2.11. The molecular formula is C8H8N10S2. The van der Waals surface area contributed by atoms with Gasteiger partial charge in [-0.05, 0) is 18.7 Å². The van der Waals surface area contributed by atoms with Crippen LogP contribution in [0.15, 0.2) is 22.2 Å². The average Bonchev–Trinajstić information content (AvgIpc) is 3.10. The number of nitrogens with one attached hydrogen (secondary N) is 1. The summed E-state index contributed by atoms with van der Waals surface area (Å²) in [6.45, 7) is 1.88. The molecule has 0 aliphatic carbocycles. The highest BCUT2D eigenvalue weighted by molar-refractivity contribution is 8.00. The van der Waals surface area contributed by atoms with Crippen molar-refractivity contribution in [3.05, 3.63) is 17.7 Å². The van der Waals surface area contributed by atoms with Crippen LogP contribution >= 0.6 is 23.1 Å². The van der Waals surface area contributed by atoms with Crippen molar-refractivity contribution in [1.82, 2.24) is 39.9 Å². The zero-order valence-corrected chi connectivity index (χ0v) is 11.8. The molecule has 3 heterocycles. The number of hydrogen-bond donors (Lipinski definition) is 2. The van der Waals surface area contributed by atoms with Crippen molar-refractivity contribution in [1.29, 1.82) is 0 Å². The highest BCUT2D eigenvalue weighted by Crippen LogP contribution is 2.27. The zero-order chi connectivity index (χ0) is 13.9. The van der Waals surface area contributed by atoms with Gasteiger partial charge in [0.05, 0.1) is 0 Å². The number of aromatic nitrogens is 8. The van der Waals surface area contributed by atoms with Crippen molar-refractivity contribution in [2.45, 2.75) is 16.4 Å². The zero-order valence-electron chi connectivity index (χ0n) is 10.1. The Bertz CT molecular complexity index is 708. The molecule has 0 fully saturated rings. The molecule has 0 radical (unpaired) electrons. The monoisotopic (exact) mass is 308 g/mol. The normalized spacial score (nSPS) is 10.7. The first-order valence-corrected chi connectivity index (χ1v) is 6.93. The van der Waals surface area contributed by atoms with Gasteiger partial charge in [0.2, 0.25) is 11.1 Å². The molecule has 3 aromatic rings. The van der Waals surface area contributed by atoms with Crippen LogP contribution in [0, 0.1) is 6.92 Å². The summed E-state index contributed by atoms with van der Waals surface area (Å²) in [5, 5.41) is 13.2. The minimum Gasteiger partial charge on any atom is -0.292 e. The Morgan fingerprint density at radius 3 is 2.85 bits per heavy atom. The van der Waals surface area contributed by atoms with Crippen LogP contribution in [0.5, 0.6) is 0 Å². The number of anilines is 1. The fourth-order valence-corrected chi connectivity index (χ4v) is 2.93. The Kier molecular flexibility index (Phi) is 3.49. The molecule has 10 nitrogen and oxygen atoms in total. The second kappa shape index (κ2) is 5.44. The predicted molar refractivity (Wildman–Crippen MR) is 71.3 cm³/mol. The maximum atomic E-state index is 5.36. The lowest BCUT2D eigenvalue weighted by Crippen LogP contribution is -2.14. The molecule has 0 aromatic carbocycles. The topological polar surface area (TPSA) is 133 Å². The summed E-state index contributed by atoms with van der Waals surface area (Å²) in [7, 11) is 0. The van der Waals surface area contributed by atoms with Gasteiger partial charge in [-0.15, -0.1) is 10.2 Å². The first-order chi connectivity index (χ1) is 9.74. The van der Waals surface area contributed by atoms with Crippen LogP contribution in [0.25, 0.3) is 5.95 Å². The molecule has 0 saturated heterocycles. The van der Waals surface area contributed by atoms with E-state index in [1.165, 1.54) is 40.4 Å². The van der Waals surface area contributed by atoms with Crippen LogP contribution in [0.4, 0.5) is 5.95 Å². The third-order valence-corrected chi connectivity index (χ3v) is 3.80. The first-order valence-electron chi connectivity index (χ1n) is 5.30. The lowest BCUT2D eigenvalue weighted by molar-refractivity contribution is 0.759. The molecule has 12 heteroatoms. The fraction of sp³-hybridized carbons (Fsp3) is 0.125. The summed E-state index contributed by atoms with van der Waals surface area (Å²) in [6.07, 6.45) is 2.87. The third-order valence-electron chi connectivity index (χ3n) is 2.04. The minimum atomic E-state index is 0.231. The minimum absolute atomic E-state index is 0.231. The summed E-state index contributed by atoms with van der Waals surface area (Å²) >= 11 is 2.73. The molecule has 0 aliphatic heterocycles. The summed E-state index contributed by atoms with van der Waals surface area (Å²) in [6, 6.07) is 0. The number of nitrogens with zero attached hydrogens (tertiary/aromatic N) is 8. The van der Waals surface area contributed by atoms with Crippen molar-refractivity contribution in [2.24, 2.45) is 5.84 Å². The molecule has 20 heavy (non-hydrogen) atoms. The van der Waals surface area contributed by atoms with Gasteiger partial charge in [-0.3, -0.25) is 5.43 Å². The third kappa shape index (κ3) is 2.71. The second-order valence-electron chi connectivity index (χ2n) is 3.42. The second-order valence-corrected chi connectivity index (χ2v) is 5.81. The molecule has 0 aliphatic rings. The van der Waals surface area contributed by atoms with Gasteiger partial charge in [0.1, 0.15) is 17.7 Å². The van der Waals surface area contributed by atoms with Gasteiger partial charge in [0.25, 0.3) is 5.95 Å². The number of aryl methyl sites for hydroxylation is 1. The number of nitrogen functional groups attached to an aromatic ring is 1. The molecule has 0 bridgehead atoms. The van der Waals surface area contributed by atoms with E-state index in [0.717, 1.165) is 9.35 Å². The molecule has 0 atom stereocenters. The van der Waals surface area contributed by atoms with E-state index in [9.17, 15) is 0 Å². The van der Waals surface area contributed by atoms with Gasteiger partial charge >= 0.3 is 0 Å². The van der Waals surface area contributed by atoms with Crippen LogP contribution in [0.2, 0.25) is 0 Å². The van der Waals surface area contributed by atoms with Gasteiger partial charge in [0, 0.05) is 0 Å². The average molecular weight is 308 g/mol. The van der Waals surface area contributed by atoms with E-state index in [1.807, 2.05) is 6.92 Å². The number of hydrogen-bond acceptors (Lipinski definition) is 11. The smallest absolute Gasteiger partial charge is 0.257 e. The summed E-state index contributed by atoms with van der Waals surface area (Å²) < 4.78 is 2.15. The first kappa shape index (κ1) is 12.8. The van der Waals surface area contributed by atoms with Crippen LogP contribution in [-0.4, -0.2) is 39.9 Å². The van der Waals surface area contributed by atoms with Gasteiger partial charge in [-0.25, -0.2) is 10.8 Å². The lowest BCUT2D eigenvalue weighted by atomic mass is 10.8. The number of nitrogens with two attached hydrogens (primary N) is 1. The molecule has 0 amide bonds. The summed E-state index contributed by atoms with van der Waals surface area (Å²) in [5.74, 6) is 5.90. The molecule has 3 aromatic heterocycles. The van der Waals surface area contributed by atoms with E-state index in [-0.39, 0.29) is 5.95 Å². The SMILES string of the molecule is Cc1nnc(Sc2nc(NN)nc(-n3cncn3)n2)s1. The van der Waals surface area contributed by atoms with Gasteiger partial charge in [0.15, 0.2) is 4.34 Å². The van der Waals surface area contributed by atoms with Crippen LogP contribution in [0.3, 0.4) is 0 Å². The highest BCUT2D eigenvalue weighted by atomic mass is 32.2. The molecule has 102 valence electrons.